The normalized spacial score (nSPS) is 12.8. The van der Waals surface area contributed by atoms with Crippen LogP contribution >= 0.6 is 0 Å². The number of rotatable bonds is 1. The van der Waals surface area contributed by atoms with E-state index in [1.165, 1.54) is 0 Å². The van der Waals surface area contributed by atoms with Crippen molar-refractivity contribution in [2.45, 2.75) is 39.3 Å². The van der Waals surface area contributed by atoms with Crippen LogP contribution in [0.5, 0.6) is 0 Å². The minimum absolute atomic E-state index is 1.02. The zero-order valence-electron chi connectivity index (χ0n) is 9.15. The zero-order valence-corrected chi connectivity index (χ0v) is 11.2. The van der Waals surface area contributed by atoms with Gasteiger partial charge in [-0.25, -0.2) is 0 Å². The third-order valence-electron chi connectivity index (χ3n) is 1.11. The molecule has 0 aromatic rings. The van der Waals surface area contributed by atoms with E-state index in [2.05, 4.69) is 56.4 Å². The predicted molar refractivity (Wildman–Crippen MR) is 63.6 cm³/mol. The van der Waals surface area contributed by atoms with Gasteiger partial charge in [-0.2, -0.15) is 0 Å². The van der Waals surface area contributed by atoms with Crippen molar-refractivity contribution in [3.8, 4) is 11.5 Å². The lowest BCUT2D eigenvalue weighted by atomic mass is 10.7. The fraction of sp³-hybridized carbons (Fsp3) is 0.600. The van der Waals surface area contributed by atoms with Crippen molar-refractivity contribution in [2.75, 3.05) is 0 Å². The quantitative estimate of drug-likeness (QED) is 0.446. The molecule has 0 saturated heterocycles. The molecule has 0 amide bonds. The summed E-state index contributed by atoms with van der Waals surface area (Å²) in [5.74, 6) is 3.15. The Morgan fingerprint density at radius 3 is 1.75 bits per heavy atom. The molecule has 0 spiro atoms. The predicted octanol–water partition coefficient (Wildman–Crippen LogP) is 3.30. The van der Waals surface area contributed by atoms with Gasteiger partial charge in [-0.1, -0.05) is 50.9 Å². The van der Waals surface area contributed by atoms with Crippen molar-refractivity contribution < 1.29 is 0 Å². The first-order valence-electron chi connectivity index (χ1n) is 4.41. The van der Waals surface area contributed by atoms with E-state index in [9.17, 15) is 0 Å². The van der Waals surface area contributed by atoms with Crippen LogP contribution in [0.1, 0.15) is 0 Å². The molecular weight excluding hydrogens is 176 g/mol. The molecule has 0 aromatic carbocycles. The van der Waals surface area contributed by atoms with Crippen molar-refractivity contribution in [3.63, 3.8) is 0 Å². The van der Waals surface area contributed by atoms with Gasteiger partial charge in [-0.15, -0.1) is 5.54 Å². The molecule has 12 heavy (non-hydrogen) atoms. The monoisotopic (exact) mass is 196 g/mol. The summed E-state index contributed by atoms with van der Waals surface area (Å²) in [7, 11) is -2.17. The maximum absolute atomic E-state index is 3.32. The Balaban J connectivity index is 4.13. The number of hydrogen-bond donors (Lipinski definition) is 0. The van der Waals surface area contributed by atoms with Gasteiger partial charge in [0.15, 0.2) is 0 Å². The van der Waals surface area contributed by atoms with Crippen LogP contribution in [0.2, 0.25) is 39.3 Å². The largest absolute Gasteiger partial charge is 0.129 e. The average Bonchev–Trinajstić information content (AvgIpc) is 1.76. The fourth-order valence-electron chi connectivity index (χ4n) is 0.550. The molecule has 0 heterocycles. The Labute approximate surface area is 79.1 Å². The van der Waals surface area contributed by atoms with E-state index in [1.54, 1.807) is 0 Å². The summed E-state index contributed by atoms with van der Waals surface area (Å²) in [5.41, 5.74) is 5.61. The highest BCUT2D eigenvalue weighted by Crippen LogP contribution is 2.01. The van der Waals surface area contributed by atoms with Crippen molar-refractivity contribution in [1.82, 2.24) is 0 Å². The molecule has 2 heteroatoms. The smallest absolute Gasteiger partial charge is 0.127 e. The molecule has 0 unspecified atom stereocenters. The minimum atomic E-state index is -1.15. The van der Waals surface area contributed by atoms with Crippen LogP contribution in [0.4, 0.5) is 0 Å². The standard InChI is InChI=1S/C10H20Si2/c1-11(2,3)9-7-8-10-12(4,5)6/h7,9H,1-6H3/b9-7-. The lowest BCUT2D eigenvalue weighted by Gasteiger charge is -2.06. The third kappa shape index (κ3) is 9.73. The Morgan fingerprint density at radius 1 is 0.917 bits per heavy atom. The minimum Gasteiger partial charge on any atom is -0.127 e. The zero-order chi connectivity index (χ0) is 9.83. The summed E-state index contributed by atoms with van der Waals surface area (Å²) in [5, 5.41) is 0. The Bertz CT molecular complexity index is 215. The second-order valence-corrected chi connectivity index (χ2v) is 15.0. The molecule has 0 rings (SSSR count). The van der Waals surface area contributed by atoms with Crippen molar-refractivity contribution in [3.05, 3.63) is 11.8 Å². The summed E-state index contributed by atoms with van der Waals surface area (Å²) < 4.78 is 0. The first-order valence-corrected chi connectivity index (χ1v) is 11.5. The van der Waals surface area contributed by atoms with Crippen LogP contribution in [0, 0.1) is 11.5 Å². The maximum Gasteiger partial charge on any atom is 0.129 e. The molecule has 0 fully saturated rings. The molecule has 0 N–H and O–H groups in total. The summed E-state index contributed by atoms with van der Waals surface area (Å²) in [6.45, 7) is 13.8. The van der Waals surface area contributed by atoms with Gasteiger partial charge >= 0.3 is 0 Å². The molecule has 0 atom stereocenters. The first-order chi connectivity index (χ1) is 5.21. The molecule has 0 radical (unpaired) electrons. The summed E-state index contributed by atoms with van der Waals surface area (Å²) in [6, 6.07) is 0. The molecule has 0 bridgehead atoms. The van der Waals surface area contributed by atoms with Gasteiger partial charge in [0.2, 0.25) is 0 Å². The van der Waals surface area contributed by atoms with Crippen LogP contribution in [0.25, 0.3) is 0 Å². The second kappa shape index (κ2) is 4.11. The highest BCUT2D eigenvalue weighted by molar-refractivity contribution is 6.84. The molecule has 0 aliphatic carbocycles. The van der Waals surface area contributed by atoms with E-state index in [1.807, 2.05) is 6.08 Å². The third-order valence-corrected chi connectivity index (χ3v) is 3.17. The van der Waals surface area contributed by atoms with Gasteiger partial charge in [0.05, 0.1) is 8.07 Å². The molecule has 0 nitrogen and oxygen atoms in total. The van der Waals surface area contributed by atoms with E-state index >= 15 is 0 Å². The van der Waals surface area contributed by atoms with Gasteiger partial charge in [0.25, 0.3) is 0 Å². The van der Waals surface area contributed by atoms with E-state index < -0.39 is 16.1 Å². The summed E-state index contributed by atoms with van der Waals surface area (Å²) in [6.07, 6.45) is 2.05. The maximum atomic E-state index is 3.32. The van der Waals surface area contributed by atoms with E-state index in [0.29, 0.717) is 0 Å². The van der Waals surface area contributed by atoms with E-state index in [0.717, 1.165) is 0 Å². The number of allylic oxidation sites excluding steroid dienone is 1. The van der Waals surface area contributed by atoms with Crippen LogP contribution in [-0.2, 0) is 0 Å². The molecule has 0 aromatic heterocycles. The molecular formula is C10H20Si2. The fourth-order valence-corrected chi connectivity index (χ4v) is 1.65. The van der Waals surface area contributed by atoms with Gasteiger partial charge in [-0.3, -0.25) is 0 Å². The molecule has 0 aliphatic rings. The summed E-state index contributed by atoms with van der Waals surface area (Å²) in [4.78, 5) is 0. The van der Waals surface area contributed by atoms with Gasteiger partial charge in [-0.05, 0) is 6.08 Å². The van der Waals surface area contributed by atoms with Crippen LogP contribution in [0.3, 0.4) is 0 Å². The van der Waals surface area contributed by atoms with Gasteiger partial charge in [0.1, 0.15) is 8.07 Å². The second-order valence-electron chi connectivity index (χ2n) is 5.22. The summed E-state index contributed by atoms with van der Waals surface area (Å²) >= 11 is 0. The van der Waals surface area contributed by atoms with Gasteiger partial charge in [0, 0.05) is 0 Å². The van der Waals surface area contributed by atoms with Crippen molar-refractivity contribution >= 4 is 16.1 Å². The van der Waals surface area contributed by atoms with Gasteiger partial charge < -0.3 is 0 Å². The SMILES string of the molecule is C[Si](C)(C)C#C/C=C\[Si](C)(C)C. The van der Waals surface area contributed by atoms with E-state index in [-0.39, 0.29) is 0 Å². The lowest BCUT2D eigenvalue weighted by Crippen LogP contribution is -2.16. The Morgan fingerprint density at radius 2 is 1.42 bits per heavy atom. The van der Waals surface area contributed by atoms with Crippen molar-refractivity contribution in [2.24, 2.45) is 0 Å². The lowest BCUT2D eigenvalue weighted by molar-refractivity contribution is 1.77. The van der Waals surface area contributed by atoms with Crippen LogP contribution in [-0.4, -0.2) is 16.1 Å². The topological polar surface area (TPSA) is 0 Å². The number of hydrogen-bond acceptors (Lipinski definition) is 0. The highest BCUT2D eigenvalue weighted by atomic mass is 28.3. The van der Waals surface area contributed by atoms with E-state index in [4.69, 9.17) is 0 Å². The van der Waals surface area contributed by atoms with Crippen LogP contribution in [0.15, 0.2) is 11.8 Å². The highest BCUT2D eigenvalue weighted by Gasteiger charge is 2.07. The first kappa shape index (κ1) is 11.7. The Hall–Kier alpha value is -0.266. The van der Waals surface area contributed by atoms with Crippen molar-refractivity contribution in [1.29, 1.82) is 0 Å². The van der Waals surface area contributed by atoms with Crippen LogP contribution < -0.4 is 0 Å². The Kier molecular flexibility index (Phi) is 4.02. The molecule has 68 valence electrons. The molecule has 0 aliphatic heterocycles. The molecule has 0 saturated carbocycles. The average molecular weight is 196 g/mol.